The minimum absolute atomic E-state index is 0.385. The topological polar surface area (TPSA) is 3.24 Å². The van der Waals surface area contributed by atoms with Crippen molar-refractivity contribution < 1.29 is 0 Å². The van der Waals surface area contributed by atoms with Crippen molar-refractivity contribution in [2.45, 2.75) is 26.2 Å². The molecule has 0 atom stereocenters. The van der Waals surface area contributed by atoms with E-state index in [0.29, 0.717) is 0 Å². The van der Waals surface area contributed by atoms with E-state index in [1.807, 2.05) is 24.3 Å². The highest BCUT2D eigenvalue weighted by Gasteiger charge is 2.51. The first-order chi connectivity index (χ1) is 35.0. The summed E-state index contributed by atoms with van der Waals surface area (Å²) >= 11 is 0. The minimum Gasteiger partial charge on any atom is -0.310 e. The number of benzene rings is 11. The third-order valence-electron chi connectivity index (χ3n) is 14.1. The van der Waals surface area contributed by atoms with Gasteiger partial charge in [0.05, 0.1) is 5.41 Å². The van der Waals surface area contributed by atoms with E-state index in [0.717, 1.165) is 17.1 Å². The van der Waals surface area contributed by atoms with Gasteiger partial charge in [0.2, 0.25) is 0 Å². The maximum Gasteiger partial charge on any atom is 0.0726 e. The fraction of sp³-hybridized carbons (Fsp3) is 0.0571. The Labute approximate surface area is 419 Å². The Morgan fingerprint density at radius 3 is 1.04 bits per heavy atom. The molecule has 2 aliphatic rings. The van der Waals surface area contributed by atoms with Crippen LogP contribution in [0.1, 0.15) is 38.9 Å². The molecule has 13 rings (SSSR count). The molecule has 0 amide bonds. The van der Waals surface area contributed by atoms with Gasteiger partial charge in [0, 0.05) is 17.1 Å². The minimum atomic E-state index is -0.385. The maximum atomic E-state index is 2.46. The lowest BCUT2D eigenvalue weighted by atomic mass is 9.70. The largest absolute Gasteiger partial charge is 0.310 e. The summed E-state index contributed by atoms with van der Waals surface area (Å²) in [6, 6.07) is 101. The SMILES string of the molecule is Cc1ccc(-c2cccc(-c3ccc(N(c4ccccc4)c4ccc5c(c4)C4(c6ccccc6-c6ccccc64)c4ccccc4-5)cc3)c2)cc1.Cc1ccc(-c2ccccc2)cc1.Cc1ccccc1. The average Bonchev–Trinajstić information content (AvgIpc) is 3.90. The summed E-state index contributed by atoms with van der Waals surface area (Å²) < 4.78 is 0. The number of fused-ring (bicyclic) bond motifs is 10. The average molecular weight is 910 g/mol. The van der Waals surface area contributed by atoms with E-state index in [1.165, 1.54) is 94.6 Å². The number of aryl methyl sites for hydroxylation is 3. The summed E-state index contributed by atoms with van der Waals surface area (Å²) in [6.07, 6.45) is 0. The second kappa shape index (κ2) is 19.7. The van der Waals surface area contributed by atoms with Gasteiger partial charge in [-0.25, -0.2) is 0 Å². The predicted molar refractivity (Wildman–Crippen MR) is 301 cm³/mol. The lowest BCUT2D eigenvalue weighted by Crippen LogP contribution is -2.26. The highest BCUT2D eigenvalue weighted by molar-refractivity contribution is 5.96. The summed E-state index contributed by atoms with van der Waals surface area (Å²) in [6.45, 7) is 6.32. The third-order valence-corrected chi connectivity index (χ3v) is 14.1. The second-order valence-electron chi connectivity index (χ2n) is 18.7. The molecule has 71 heavy (non-hydrogen) atoms. The Morgan fingerprint density at radius 1 is 0.225 bits per heavy atom. The highest BCUT2D eigenvalue weighted by atomic mass is 15.1. The molecule has 0 fully saturated rings. The number of para-hydroxylation sites is 1. The molecule has 0 N–H and O–H groups in total. The molecule has 0 aliphatic heterocycles. The van der Waals surface area contributed by atoms with Crippen LogP contribution >= 0.6 is 0 Å². The van der Waals surface area contributed by atoms with Gasteiger partial charge in [-0.1, -0.05) is 253 Å². The summed E-state index contributed by atoms with van der Waals surface area (Å²) in [5.41, 5.74) is 25.0. The van der Waals surface area contributed by atoms with Gasteiger partial charge < -0.3 is 4.90 Å². The predicted octanol–water partition coefficient (Wildman–Crippen LogP) is 18.8. The molecule has 11 aromatic rings. The molecular weight excluding hydrogens is 855 g/mol. The van der Waals surface area contributed by atoms with Gasteiger partial charge in [0.1, 0.15) is 0 Å². The van der Waals surface area contributed by atoms with Crippen LogP contribution in [0.5, 0.6) is 0 Å². The summed E-state index contributed by atoms with van der Waals surface area (Å²) in [5.74, 6) is 0. The fourth-order valence-electron chi connectivity index (χ4n) is 10.6. The third kappa shape index (κ3) is 8.69. The molecule has 0 bridgehead atoms. The van der Waals surface area contributed by atoms with Crippen molar-refractivity contribution in [1.82, 2.24) is 0 Å². The van der Waals surface area contributed by atoms with E-state index in [9.17, 15) is 0 Å². The molecule has 0 aromatic heterocycles. The van der Waals surface area contributed by atoms with Gasteiger partial charge in [0.15, 0.2) is 0 Å². The molecule has 1 nitrogen and oxygen atoms in total. The van der Waals surface area contributed by atoms with Gasteiger partial charge in [-0.2, -0.15) is 0 Å². The number of anilines is 3. The zero-order chi connectivity index (χ0) is 48.2. The molecule has 0 radical (unpaired) electrons. The Kier molecular flexibility index (Phi) is 12.4. The maximum absolute atomic E-state index is 2.46. The van der Waals surface area contributed by atoms with Crippen LogP contribution in [0.25, 0.3) is 55.6 Å². The Hall–Kier alpha value is -8.78. The first kappa shape index (κ1) is 44.7. The first-order valence-electron chi connectivity index (χ1n) is 24.7. The van der Waals surface area contributed by atoms with Crippen LogP contribution < -0.4 is 4.90 Å². The molecule has 0 saturated carbocycles. The van der Waals surface area contributed by atoms with Crippen LogP contribution in [0.2, 0.25) is 0 Å². The van der Waals surface area contributed by atoms with E-state index in [4.69, 9.17) is 0 Å². The molecule has 11 aromatic carbocycles. The molecule has 2 aliphatic carbocycles. The van der Waals surface area contributed by atoms with Crippen molar-refractivity contribution in [3.05, 3.63) is 318 Å². The van der Waals surface area contributed by atoms with Crippen molar-refractivity contribution in [3.8, 4) is 55.6 Å². The lowest BCUT2D eigenvalue weighted by molar-refractivity contribution is 0.793. The van der Waals surface area contributed by atoms with Crippen molar-refractivity contribution in [2.24, 2.45) is 0 Å². The van der Waals surface area contributed by atoms with E-state index in [1.54, 1.807) is 0 Å². The monoisotopic (exact) mass is 909 g/mol. The van der Waals surface area contributed by atoms with Gasteiger partial charge in [0.25, 0.3) is 0 Å². The lowest BCUT2D eigenvalue weighted by Gasteiger charge is -2.32. The molecule has 1 spiro atoms. The van der Waals surface area contributed by atoms with Crippen LogP contribution in [0, 0.1) is 20.8 Å². The van der Waals surface area contributed by atoms with E-state index >= 15 is 0 Å². The van der Waals surface area contributed by atoms with E-state index in [-0.39, 0.29) is 5.41 Å². The Morgan fingerprint density at radius 2 is 0.563 bits per heavy atom. The first-order valence-corrected chi connectivity index (χ1v) is 24.7. The summed E-state index contributed by atoms with van der Waals surface area (Å²) in [7, 11) is 0. The van der Waals surface area contributed by atoms with Crippen LogP contribution in [-0.4, -0.2) is 0 Å². The smallest absolute Gasteiger partial charge is 0.0726 e. The quantitative estimate of drug-likeness (QED) is 0.161. The van der Waals surface area contributed by atoms with Crippen LogP contribution in [0.15, 0.2) is 279 Å². The molecular formula is C70H55N. The zero-order valence-electron chi connectivity index (χ0n) is 40.5. The number of rotatable bonds is 6. The van der Waals surface area contributed by atoms with Gasteiger partial charge in [-0.3, -0.25) is 0 Å². The van der Waals surface area contributed by atoms with Crippen LogP contribution in [-0.2, 0) is 5.41 Å². The van der Waals surface area contributed by atoms with Crippen LogP contribution in [0.3, 0.4) is 0 Å². The molecule has 340 valence electrons. The van der Waals surface area contributed by atoms with Crippen molar-refractivity contribution in [2.75, 3.05) is 4.90 Å². The standard InChI is InChI=1S/C50H35N.C13H12.C7H8/c1-34-22-24-35(25-23-34)37-12-11-13-38(32-37)36-26-28-40(29-27-36)51(39-14-3-2-4-15-39)41-30-31-45-44-18-7-10-21-48(44)50(49(45)33-41)46-19-8-5-16-42(46)43-17-6-9-20-47(43)50;1-11-7-9-13(10-8-11)12-5-3-2-4-6-12;1-7-5-3-2-4-6-7/h2-33H,1H3;2-10H,1H3;2-6H,1H3. The summed E-state index contributed by atoms with van der Waals surface area (Å²) in [4.78, 5) is 2.40. The molecule has 0 saturated heterocycles. The summed E-state index contributed by atoms with van der Waals surface area (Å²) in [5, 5.41) is 0. The number of nitrogens with zero attached hydrogens (tertiary/aromatic N) is 1. The molecule has 0 heterocycles. The second-order valence-corrected chi connectivity index (χ2v) is 18.7. The highest BCUT2D eigenvalue weighted by Crippen LogP contribution is 2.63. The Balaban J connectivity index is 0.000000226. The van der Waals surface area contributed by atoms with E-state index in [2.05, 4.69) is 280 Å². The van der Waals surface area contributed by atoms with Crippen molar-refractivity contribution in [1.29, 1.82) is 0 Å². The molecule has 1 heteroatoms. The van der Waals surface area contributed by atoms with E-state index < -0.39 is 0 Å². The normalized spacial score (nSPS) is 12.0. The van der Waals surface area contributed by atoms with Gasteiger partial charge >= 0.3 is 0 Å². The molecule has 0 unspecified atom stereocenters. The Bertz CT molecular complexity index is 3510. The van der Waals surface area contributed by atoms with Crippen molar-refractivity contribution in [3.63, 3.8) is 0 Å². The van der Waals surface area contributed by atoms with Crippen molar-refractivity contribution >= 4 is 17.1 Å². The fourth-order valence-corrected chi connectivity index (χ4v) is 10.6. The number of hydrogen-bond acceptors (Lipinski definition) is 1. The zero-order valence-corrected chi connectivity index (χ0v) is 40.5. The number of hydrogen-bond donors (Lipinski definition) is 0. The van der Waals surface area contributed by atoms with Gasteiger partial charge in [-0.15, -0.1) is 0 Å². The van der Waals surface area contributed by atoms with Crippen LogP contribution in [0.4, 0.5) is 17.1 Å². The van der Waals surface area contributed by atoms with Gasteiger partial charge in [-0.05, 0) is 141 Å².